The van der Waals surface area contributed by atoms with E-state index in [4.69, 9.17) is 0 Å². The number of rotatable bonds is 4. The van der Waals surface area contributed by atoms with E-state index in [-0.39, 0.29) is 11.5 Å². The van der Waals surface area contributed by atoms with Gasteiger partial charge in [-0.05, 0) is 31.8 Å². The largest absolute Gasteiger partial charge is 0.350 e. The molecule has 1 aromatic rings. The summed E-state index contributed by atoms with van der Waals surface area (Å²) < 4.78 is 27.8. The zero-order chi connectivity index (χ0) is 13.7. The summed E-state index contributed by atoms with van der Waals surface area (Å²) in [5.74, 6) is -4.45. The van der Waals surface area contributed by atoms with E-state index in [1.807, 2.05) is 0 Å². The van der Waals surface area contributed by atoms with Gasteiger partial charge < -0.3 is 10.6 Å². The van der Waals surface area contributed by atoms with Crippen LogP contribution in [-0.2, 0) is 10.7 Å². The number of amides is 1. The fourth-order valence-corrected chi connectivity index (χ4v) is 2.22. The smallest absolute Gasteiger partial charge is 0.349 e. The monoisotopic (exact) mass is 268 g/mol. The van der Waals surface area contributed by atoms with Gasteiger partial charge in [-0.3, -0.25) is 4.79 Å². The molecule has 1 unspecified atom stereocenters. The number of carbonyl (C=O) groups excluding carboxylic acids is 1. The van der Waals surface area contributed by atoms with Gasteiger partial charge in [-0.15, -0.1) is 0 Å². The average molecular weight is 268 g/mol. The van der Waals surface area contributed by atoms with E-state index in [0.29, 0.717) is 6.54 Å². The molecule has 0 bridgehead atoms. The highest BCUT2D eigenvalue weighted by atomic mass is 19.3. The van der Waals surface area contributed by atoms with Crippen LogP contribution in [0.4, 0.5) is 8.78 Å². The first-order chi connectivity index (χ1) is 9.10. The molecular formula is C14H18F2N2O. The van der Waals surface area contributed by atoms with Crippen molar-refractivity contribution >= 4 is 5.91 Å². The molecule has 5 heteroatoms. The highest BCUT2D eigenvalue weighted by molar-refractivity contribution is 5.84. The van der Waals surface area contributed by atoms with Crippen LogP contribution in [0.5, 0.6) is 0 Å². The summed E-state index contributed by atoms with van der Waals surface area (Å²) in [6.07, 6.45) is 1.99. The zero-order valence-corrected chi connectivity index (χ0v) is 10.7. The Balaban J connectivity index is 1.91. The fourth-order valence-electron chi connectivity index (χ4n) is 2.22. The molecule has 104 valence electrons. The summed E-state index contributed by atoms with van der Waals surface area (Å²) in [4.78, 5) is 11.6. The topological polar surface area (TPSA) is 41.1 Å². The van der Waals surface area contributed by atoms with Crippen molar-refractivity contribution in [1.82, 2.24) is 10.6 Å². The Labute approximate surface area is 111 Å². The second kappa shape index (κ2) is 6.10. The van der Waals surface area contributed by atoms with Crippen molar-refractivity contribution in [2.45, 2.75) is 18.8 Å². The molecule has 1 atom stereocenters. The Kier molecular flexibility index (Phi) is 4.47. The van der Waals surface area contributed by atoms with Crippen LogP contribution >= 0.6 is 0 Å². The summed E-state index contributed by atoms with van der Waals surface area (Å²) in [5, 5.41) is 5.55. The van der Waals surface area contributed by atoms with Gasteiger partial charge in [-0.25, -0.2) is 0 Å². The predicted molar refractivity (Wildman–Crippen MR) is 68.9 cm³/mol. The van der Waals surface area contributed by atoms with Gasteiger partial charge >= 0.3 is 5.92 Å². The Hall–Kier alpha value is -1.49. The van der Waals surface area contributed by atoms with E-state index < -0.39 is 11.8 Å². The van der Waals surface area contributed by atoms with E-state index in [9.17, 15) is 13.6 Å². The van der Waals surface area contributed by atoms with E-state index in [1.54, 1.807) is 6.07 Å². The van der Waals surface area contributed by atoms with Crippen molar-refractivity contribution in [3.8, 4) is 0 Å². The number of benzene rings is 1. The van der Waals surface area contributed by atoms with Crippen molar-refractivity contribution in [3.63, 3.8) is 0 Å². The van der Waals surface area contributed by atoms with Crippen molar-refractivity contribution in [2.24, 2.45) is 5.92 Å². The lowest BCUT2D eigenvalue weighted by Crippen LogP contribution is -2.43. The molecule has 0 aromatic heterocycles. The maximum atomic E-state index is 13.9. The average Bonchev–Trinajstić information content (AvgIpc) is 2.46. The molecule has 1 heterocycles. The summed E-state index contributed by atoms with van der Waals surface area (Å²) in [6.45, 7) is 2.04. The number of nitrogens with one attached hydrogen (secondary N) is 2. The van der Waals surface area contributed by atoms with Crippen LogP contribution < -0.4 is 10.6 Å². The van der Waals surface area contributed by atoms with Crippen molar-refractivity contribution in [3.05, 3.63) is 35.9 Å². The minimum Gasteiger partial charge on any atom is -0.350 e. The summed E-state index contributed by atoms with van der Waals surface area (Å²) in [5.41, 5.74) is -0.269. The van der Waals surface area contributed by atoms with Gasteiger partial charge in [-0.2, -0.15) is 8.78 Å². The first kappa shape index (κ1) is 13.9. The molecule has 2 N–H and O–H groups in total. The molecule has 1 saturated heterocycles. The summed E-state index contributed by atoms with van der Waals surface area (Å²) in [6, 6.07) is 7.18. The van der Waals surface area contributed by atoms with E-state index in [0.717, 1.165) is 25.9 Å². The van der Waals surface area contributed by atoms with Crippen molar-refractivity contribution in [2.75, 3.05) is 19.6 Å². The summed E-state index contributed by atoms with van der Waals surface area (Å²) in [7, 11) is 0. The second-order valence-electron chi connectivity index (χ2n) is 4.86. The molecular weight excluding hydrogens is 250 g/mol. The lowest BCUT2D eigenvalue weighted by atomic mass is 9.99. The molecule has 2 rings (SSSR count). The van der Waals surface area contributed by atoms with E-state index in [2.05, 4.69) is 10.6 Å². The second-order valence-corrected chi connectivity index (χ2v) is 4.86. The number of alkyl halides is 2. The number of hydrogen-bond donors (Lipinski definition) is 2. The van der Waals surface area contributed by atoms with Crippen molar-refractivity contribution in [1.29, 1.82) is 0 Å². The third kappa shape index (κ3) is 3.50. The molecule has 1 aliphatic rings. The van der Waals surface area contributed by atoms with Crippen LogP contribution in [0.3, 0.4) is 0 Å². The Morgan fingerprint density at radius 2 is 2.11 bits per heavy atom. The maximum absolute atomic E-state index is 13.9. The first-order valence-corrected chi connectivity index (χ1v) is 6.53. The van der Waals surface area contributed by atoms with Crippen LogP contribution in [-0.4, -0.2) is 25.5 Å². The zero-order valence-electron chi connectivity index (χ0n) is 10.7. The number of hydrogen-bond acceptors (Lipinski definition) is 2. The highest BCUT2D eigenvalue weighted by Crippen LogP contribution is 2.27. The normalized spacial score (nSPS) is 20.0. The fraction of sp³-hybridized carbons (Fsp3) is 0.500. The lowest BCUT2D eigenvalue weighted by molar-refractivity contribution is -0.147. The molecule has 1 aliphatic heterocycles. The lowest BCUT2D eigenvalue weighted by Gasteiger charge is -2.24. The Morgan fingerprint density at radius 1 is 1.37 bits per heavy atom. The predicted octanol–water partition coefficient (Wildman–Crippen LogP) is 1.89. The van der Waals surface area contributed by atoms with Gasteiger partial charge in [0.1, 0.15) is 0 Å². The molecule has 0 aliphatic carbocycles. The molecule has 1 fully saturated rings. The van der Waals surface area contributed by atoms with E-state index >= 15 is 0 Å². The van der Waals surface area contributed by atoms with Crippen LogP contribution in [0, 0.1) is 5.92 Å². The van der Waals surface area contributed by atoms with E-state index in [1.165, 1.54) is 24.3 Å². The molecule has 0 saturated carbocycles. The summed E-state index contributed by atoms with van der Waals surface area (Å²) >= 11 is 0. The van der Waals surface area contributed by atoms with Gasteiger partial charge in [0.05, 0.1) is 0 Å². The van der Waals surface area contributed by atoms with Gasteiger partial charge in [0.25, 0.3) is 5.91 Å². The molecule has 19 heavy (non-hydrogen) atoms. The standard InChI is InChI=1S/C14H18F2N2O/c15-14(16,12-6-2-1-3-7-12)13(19)18-10-11-5-4-8-17-9-11/h1-3,6-7,11,17H,4-5,8-10H2,(H,18,19). The Morgan fingerprint density at radius 3 is 2.74 bits per heavy atom. The van der Waals surface area contributed by atoms with Gasteiger partial charge in [0.2, 0.25) is 0 Å². The van der Waals surface area contributed by atoms with Crippen LogP contribution in [0.15, 0.2) is 30.3 Å². The molecule has 0 radical (unpaired) electrons. The molecule has 1 amide bonds. The third-order valence-corrected chi connectivity index (χ3v) is 3.37. The highest BCUT2D eigenvalue weighted by Gasteiger charge is 2.40. The minimum atomic E-state index is -3.47. The van der Waals surface area contributed by atoms with Gasteiger partial charge in [-0.1, -0.05) is 30.3 Å². The molecule has 0 spiro atoms. The number of piperidine rings is 1. The third-order valence-electron chi connectivity index (χ3n) is 3.37. The minimum absolute atomic E-state index is 0.240. The number of carbonyl (C=O) groups is 1. The van der Waals surface area contributed by atoms with Crippen molar-refractivity contribution < 1.29 is 13.6 Å². The van der Waals surface area contributed by atoms with Crippen LogP contribution in [0.2, 0.25) is 0 Å². The first-order valence-electron chi connectivity index (χ1n) is 6.53. The van der Waals surface area contributed by atoms with Gasteiger partial charge in [0, 0.05) is 12.1 Å². The molecule has 3 nitrogen and oxygen atoms in total. The van der Waals surface area contributed by atoms with Crippen LogP contribution in [0.25, 0.3) is 0 Å². The van der Waals surface area contributed by atoms with Crippen LogP contribution in [0.1, 0.15) is 18.4 Å². The quantitative estimate of drug-likeness (QED) is 0.875. The SMILES string of the molecule is O=C(NCC1CCCNC1)C(F)(F)c1ccccc1. The molecule has 1 aromatic carbocycles. The van der Waals surface area contributed by atoms with Gasteiger partial charge in [0.15, 0.2) is 0 Å². The maximum Gasteiger partial charge on any atom is 0.349 e. The Bertz CT molecular complexity index is 417. The number of halogens is 2.